The third-order valence-electron chi connectivity index (χ3n) is 3.11. The molecule has 1 heterocycles. The predicted molar refractivity (Wildman–Crippen MR) is 73.4 cm³/mol. The molecule has 0 aliphatic rings. The van der Waals surface area contributed by atoms with E-state index in [9.17, 15) is 4.39 Å². The highest BCUT2D eigenvalue weighted by atomic mass is 35.5. The van der Waals surface area contributed by atoms with Crippen LogP contribution in [0.5, 0.6) is 0 Å². The standard InChI is InChI=1S/C14H16ClFN2O/c1-8-6-11(9(2)19-8)13(18-17)7-10-4-3-5-12(15)14(10)16/h3-6,13,18H,7,17H2,1-2H3. The van der Waals surface area contributed by atoms with E-state index in [0.29, 0.717) is 12.0 Å². The van der Waals surface area contributed by atoms with Gasteiger partial charge in [-0.15, -0.1) is 0 Å². The van der Waals surface area contributed by atoms with Crippen molar-refractivity contribution in [1.82, 2.24) is 5.43 Å². The van der Waals surface area contributed by atoms with Gasteiger partial charge in [0.05, 0.1) is 11.1 Å². The first-order valence-electron chi connectivity index (χ1n) is 5.99. The van der Waals surface area contributed by atoms with Gasteiger partial charge in [-0.3, -0.25) is 11.3 Å². The van der Waals surface area contributed by atoms with Crippen LogP contribution in [0.2, 0.25) is 5.02 Å². The van der Waals surface area contributed by atoms with E-state index < -0.39 is 5.82 Å². The minimum atomic E-state index is -0.401. The minimum absolute atomic E-state index is 0.119. The Balaban J connectivity index is 2.29. The van der Waals surface area contributed by atoms with Gasteiger partial charge in [0.1, 0.15) is 17.3 Å². The molecule has 5 heteroatoms. The molecule has 0 aliphatic heterocycles. The van der Waals surface area contributed by atoms with Gasteiger partial charge in [-0.25, -0.2) is 4.39 Å². The molecular formula is C14H16ClFN2O. The van der Waals surface area contributed by atoms with Crippen LogP contribution in [0.4, 0.5) is 4.39 Å². The van der Waals surface area contributed by atoms with Gasteiger partial charge in [-0.2, -0.15) is 0 Å². The quantitative estimate of drug-likeness (QED) is 0.667. The van der Waals surface area contributed by atoms with E-state index in [1.165, 1.54) is 6.07 Å². The van der Waals surface area contributed by atoms with Crippen LogP contribution in [0, 0.1) is 19.7 Å². The number of hydrogen-bond donors (Lipinski definition) is 2. The summed E-state index contributed by atoms with van der Waals surface area (Å²) >= 11 is 5.78. The van der Waals surface area contributed by atoms with Crippen LogP contribution in [0.25, 0.3) is 0 Å². The number of benzene rings is 1. The number of nitrogens with two attached hydrogens (primary N) is 1. The molecule has 0 saturated carbocycles. The van der Waals surface area contributed by atoms with Crippen molar-refractivity contribution in [2.45, 2.75) is 26.3 Å². The van der Waals surface area contributed by atoms with Crippen molar-refractivity contribution in [1.29, 1.82) is 0 Å². The number of aryl methyl sites for hydroxylation is 2. The Morgan fingerprint density at radius 1 is 1.42 bits per heavy atom. The first kappa shape index (κ1) is 14.1. The number of hydrogen-bond acceptors (Lipinski definition) is 3. The first-order valence-corrected chi connectivity index (χ1v) is 6.36. The van der Waals surface area contributed by atoms with Gasteiger partial charge in [0.2, 0.25) is 0 Å². The maximum absolute atomic E-state index is 13.9. The summed E-state index contributed by atoms with van der Waals surface area (Å²) in [6, 6.07) is 6.64. The molecule has 0 saturated heterocycles. The first-order chi connectivity index (χ1) is 9.02. The van der Waals surface area contributed by atoms with Gasteiger partial charge in [0.15, 0.2) is 0 Å². The molecule has 0 radical (unpaired) electrons. The zero-order valence-corrected chi connectivity index (χ0v) is 11.6. The SMILES string of the molecule is Cc1cc(C(Cc2cccc(Cl)c2F)NN)c(C)o1. The molecule has 2 aromatic rings. The van der Waals surface area contributed by atoms with E-state index in [2.05, 4.69) is 5.43 Å². The van der Waals surface area contributed by atoms with E-state index in [1.54, 1.807) is 12.1 Å². The number of nitrogens with one attached hydrogen (secondary N) is 1. The average molecular weight is 283 g/mol. The third-order valence-corrected chi connectivity index (χ3v) is 3.40. The summed E-state index contributed by atoms with van der Waals surface area (Å²) in [5.41, 5.74) is 4.15. The fourth-order valence-corrected chi connectivity index (χ4v) is 2.38. The van der Waals surface area contributed by atoms with Gasteiger partial charge >= 0.3 is 0 Å². The largest absolute Gasteiger partial charge is 0.466 e. The fourth-order valence-electron chi connectivity index (χ4n) is 2.18. The third kappa shape index (κ3) is 2.97. The Bertz CT molecular complexity index is 583. The number of furan rings is 1. The van der Waals surface area contributed by atoms with E-state index in [1.807, 2.05) is 19.9 Å². The summed E-state index contributed by atoms with van der Waals surface area (Å²) in [6.45, 7) is 3.73. The second-order valence-corrected chi connectivity index (χ2v) is 4.91. The van der Waals surface area contributed by atoms with Crippen LogP contribution >= 0.6 is 11.6 Å². The van der Waals surface area contributed by atoms with Crippen molar-refractivity contribution in [2.75, 3.05) is 0 Å². The fraction of sp³-hybridized carbons (Fsp3) is 0.286. The normalized spacial score (nSPS) is 12.7. The molecule has 1 atom stereocenters. The molecule has 1 aromatic heterocycles. The lowest BCUT2D eigenvalue weighted by Gasteiger charge is -2.16. The summed E-state index contributed by atoms with van der Waals surface area (Å²) in [5.74, 6) is 6.76. The number of rotatable bonds is 4. The molecule has 0 fully saturated rings. The lowest BCUT2D eigenvalue weighted by molar-refractivity contribution is 0.481. The summed E-state index contributed by atoms with van der Waals surface area (Å²) < 4.78 is 19.4. The van der Waals surface area contributed by atoms with Crippen LogP contribution in [0.3, 0.4) is 0 Å². The summed E-state index contributed by atoms with van der Waals surface area (Å²) in [7, 11) is 0. The second kappa shape index (κ2) is 5.74. The van der Waals surface area contributed by atoms with Gasteiger partial charge in [0.25, 0.3) is 0 Å². The molecule has 1 aromatic carbocycles. The maximum Gasteiger partial charge on any atom is 0.145 e. The van der Waals surface area contributed by atoms with Crippen LogP contribution in [-0.2, 0) is 6.42 Å². The zero-order chi connectivity index (χ0) is 14.0. The van der Waals surface area contributed by atoms with E-state index in [-0.39, 0.29) is 11.1 Å². The highest BCUT2D eigenvalue weighted by Crippen LogP contribution is 2.27. The van der Waals surface area contributed by atoms with Crippen molar-refractivity contribution >= 4 is 11.6 Å². The van der Waals surface area contributed by atoms with Crippen LogP contribution < -0.4 is 11.3 Å². The highest BCUT2D eigenvalue weighted by Gasteiger charge is 2.18. The number of hydrazine groups is 1. The lowest BCUT2D eigenvalue weighted by atomic mass is 9.99. The summed E-state index contributed by atoms with van der Waals surface area (Å²) in [6.07, 6.45) is 0.405. The second-order valence-electron chi connectivity index (χ2n) is 4.50. The van der Waals surface area contributed by atoms with Crippen LogP contribution in [0.15, 0.2) is 28.7 Å². The van der Waals surface area contributed by atoms with Gasteiger partial charge in [0, 0.05) is 5.56 Å². The van der Waals surface area contributed by atoms with Crippen LogP contribution in [-0.4, -0.2) is 0 Å². The van der Waals surface area contributed by atoms with Crippen molar-refractivity contribution in [3.05, 3.63) is 57.8 Å². The minimum Gasteiger partial charge on any atom is -0.466 e. The molecule has 102 valence electrons. The molecule has 19 heavy (non-hydrogen) atoms. The van der Waals surface area contributed by atoms with Crippen molar-refractivity contribution in [3.63, 3.8) is 0 Å². The van der Waals surface area contributed by atoms with Crippen molar-refractivity contribution in [2.24, 2.45) is 5.84 Å². The highest BCUT2D eigenvalue weighted by molar-refractivity contribution is 6.30. The molecular weight excluding hydrogens is 267 g/mol. The summed E-state index contributed by atoms with van der Waals surface area (Å²) in [4.78, 5) is 0. The Labute approximate surface area is 116 Å². The molecule has 1 unspecified atom stereocenters. The van der Waals surface area contributed by atoms with Gasteiger partial charge in [-0.05, 0) is 38.0 Å². The van der Waals surface area contributed by atoms with E-state index >= 15 is 0 Å². The zero-order valence-electron chi connectivity index (χ0n) is 10.8. The van der Waals surface area contributed by atoms with Crippen molar-refractivity contribution < 1.29 is 8.81 Å². The lowest BCUT2D eigenvalue weighted by Crippen LogP contribution is -2.30. The van der Waals surface area contributed by atoms with Gasteiger partial charge < -0.3 is 4.42 Å². The Hall–Kier alpha value is -1.36. The predicted octanol–water partition coefficient (Wildman–Crippen LogP) is 3.44. The topological polar surface area (TPSA) is 51.2 Å². The van der Waals surface area contributed by atoms with Crippen molar-refractivity contribution in [3.8, 4) is 0 Å². The average Bonchev–Trinajstić information content (AvgIpc) is 2.70. The molecule has 3 N–H and O–H groups in total. The van der Waals surface area contributed by atoms with Crippen LogP contribution in [0.1, 0.15) is 28.7 Å². The van der Waals surface area contributed by atoms with E-state index in [0.717, 1.165) is 17.1 Å². The molecule has 3 nitrogen and oxygen atoms in total. The Kier molecular flexibility index (Phi) is 4.24. The van der Waals surface area contributed by atoms with Gasteiger partial charge in [-0.1, -0.05) is 23.7 Å². The monoisotopic (exact) mass is 282 g/mol. The van der Waals surface area contributed by atoms with E-state index in [4.69, 9.17) is 21.9 Å². The Morgan fingerprint density at radius 2 is 2.16 bits per heavy atom. The maximum atomic E-state index is 13.9. The Morgan fingerprint density at radius 3 is 2.74 bits per heavy atom. The number of halogens is 2. The molecule has 0 bridgehead atoms. The smallest absolute Gasteiger partial charge is 0.145 e. The molecule has 2 rings (SSSR count). The molecule has 0 spiro atoms. The summed E-state index contributed by atoms with van der Waals surface area (Å²) in [5, 5.41) is 0.119. The molecule has 0 amide bonds. The molecule has 0 aliphatic carbocycles.